The van der Waals surface area contributed by atoms with Crippen LogP contribution in [-0.2, 0) is 11.3 Å². The van der Waals surface area contributed by atoms with Crippen LogP contribution >= 0.6 is 0 Å². The molecule has 1 N–H and O–H groups in total. The molecule has 1 aromatic rings. The first-order chi connectivity index (χ1) is 9.33. The standard InChI is InChI=1S/C15H23NO3/c1-3-16-11-12-4-5-14(17-2)10-15(12)19-13-6-8-18-9-7-13/h4-5,10,13,16H,3,6-9,11H2,1-2H3. The lowest BCUT2D eigenvalue weighted by Crippen LogP contribution is -2.26. The van der Waals surface area contributed by atoms with Crippen molar-refractivity contribution < 1.29 is 14.2 Å². The largest absolute Gasteiger partial charge is 0.497 e. The third-order valence-electron chi connectivity index (χ3n) is 3.30. The molecule has 0 spiro atoms. The van der Waals surface area contributed by atoms with Gasteiger partial charge in [0.25, 0.3) is 0 Å². The highest BCUT2D eigenvalue weighted by atomic mass is 16.5. The van der Waals surface area contributed by atoms with Gasteiger partial charge < -0.3 is 19.5 Å². The molecule has 1 aromatic carbocycles. The Morgan fingerprint density at radius 3 is 2.79 bits per heavy atom. The fourth-order valence-electron chi connectivity index (χ4n) is 2.15. The van der Waals surface area contributed by atoms with E-state index in [1.165, 1.54) is 5.56 Å². The van der Waals surface area contributed by atoms with E-state index in [-0.39, 0.29) is 6.10 Å². The Balaban J connectivity index is 2.09. The van der Waals surface area contributed by atoms with E-state index in [1.54, 1.807) is 7.11 Å². The summed E-state index contributed by atoms with van der Waals surface area (Å²) in [5.74, 6) is 1.76. The van der Waals surface area contributed by atoms with Crippen molar-refractivity contribution in [2.45, 2.75) is 32.4 Å². The molecule has 2 rings (SSSR count). The van der Waals surface area contributed by atoms with Gasteiger partial charge >= 0.3 is 0 Å². The van der Waals surface area contributed by atoms with Crippen LogP contribution in [0.4, 0.5) is 0 Å². The van der Waals surface area contributed by atoms with E-state index >= 15 is 0 Å². The summed E-state index contributed by atoms with van der Waals surface area (Å²) >= 11 is 0. The third-order valence-corrected chi connectivity index (χ3v) is 3.30. The maximum Gasteiger partial charge on any atom is 0.127 e. The summed E-state index contributed by atoms with van der Waals surface area (Å²) in [5, 5.41) is 3.33. The van der Waals surface area contributed by atoms with Gasteiger partial charge in [-0.15, -0.1) is 0 Å². The van der Waals surface area contributed by atoms with Crippen molar-refractivity contribution >= 4 is 0 Å². The molecule has 1 aliphatic rings. The summed E-state index contributed by atoms with van der Waals surface area (Å²) in [6.45, 7) is 5.44. The normalized spacial score (nSPS) is 16.3. The lowest BCUT2D eigenvalue weighted by atomic mass is 10.1. The molecule has 1 aliphatic heterocycles. The average Bonchev–Trinajstić information content (AvgIpc) is 2.47. The summed E-state index contributed by atoms with van der Waals surface area (Å²) in [6, 6.07) is 6.02. The van der Waals surface area contributed by atoms with Crippen LogP contribution in [0, 0.1) is 0 Å². The number of hydrogen-bond acceptors (Lipinski definition) is 4. The number of methoxy groups -OCH3 is 1. The number of rotatable bonds is 6. The number of nitrogens with one attached hydrogen (secondary N) is 1. The van der Waals surface area contributed by atoms with Gasteiger partial charge in [-0.25, -0.2) is 0 Å². The smallest absolute Gasteiger partial charge is 0.127 e. The average molecular weight is 265 g/mol. The maximum absolute atomic E-state index is 6.13. The van der Waals surface area contributed by atoms with E-state index < -0.39 is 0 Å². The molecule has 19 heavy (non-hydrogen) atoms. The summed E-state index contributed by atoms with van der Waals surface area (Å²) < 4.78 is 16.8. The Morgan fingerprint density at radius 1 is 1.32 bits per heavy atom. The first-order valence-corrected chi connectivity index (χ1v) is 6.95. The minimum absolute atomic E-state index is 0.251. The molecular weight excluding hydrogens is 242 g/mol. The lowest BCUT2D eigenvalue weighted by molar-refractivity contribution is 0.0251. The molecule has 4 nitrogen and oxygen atoms in total. The molecule has 4 heteroatoms. The molecule has 0 atom stereocenters. The topological polar surface area (TPSA) is 39.7 Å². The second-order valence-electron chi connectivity index (χ2n) is 4.68. The van der Waals surface area contributed by atoms with Gasteiger partial charge in [0.2, 0.25) is 0 Å². The van der Waals surface area contributed by atoms with Crippen LogP contribution in [0.5, 0.6) is 11.5 Å². The summed E-state index contributed by atoms with van der Waals surface area (Å²) in [7, 11) is 1.68. The molecule has 1 heterocycles. The van der Waals surface area contributed by atoms with Gasteiger partial charge in [-0.05, 0) is 12.6 Å². The SMILES string of the molecule is CCNCc1ccc(OC)cc1OC1CCOCC1. The number of benzene rings is 1. The minimum atomic E-state index is 0.251. The van der Waals surface area contributed by atoms with Crippen molar-refractivity contribution in [3.8, 4) is 11.5 Å². The van der Waals surface area contributed by atoms with E-state index in [4.69, 9.17) is 14.2 Å². The summed E-state index contributed by atoms with van der Waals surface area (Å²) in [6.07, 6.45) is 2.16. The van der Waals surface area contributed by atoms with Crippen LogP contribution in [0.25, 0.3) is 0 Å². The van der Waals surface area contributed by atoms with Gasteiger partial charge in [0.15, 0.2) is 0 Å². The highest BCUT2D eigenvalue weighted by molar-refractivity contribution is 5.40. The fourth-order valence-corrected chi connectivity index (χ4v) is 2.15. The van der Waals surface area contributed by atoms with Gasteiger partial charge in [-0.1, -0.05) is 13.0 Å². The summed E-state index contributed by atoms with van der Waals surface area (Å²) in [5.41, 5.74) is 1.18. The summed E-state index contributed by atoms with van der Waals surface area (Å²) in [4.78, 5) is 0. The Hall–Kier alpha value is -1.26. The van der Waals surface area contributed by atoms with E-state index in [1.807, 2.05) is 12.1 Å². The highest BCUT2D eigenvalue weighted by Crippen LogP contribution is 2.27. The fraction of sp³-hybridized carbons (Fsp3) is 0.600. The monoisotopic (exact) mass is 265 g/mol. The van der Waals surface area contributed by atoms with E-state index in [2.05, 4.69) is 18.3 Å². The molecule has 1 saturated heterocycles. The zero-order chi connectivity index (χ0) is 13.5. The molecule has 0 aromatic heterocycles. The first kappa shape index (κ1) is 14.2. The van der Waals surface area contributed by atoms with E-state index in [0.29, 0.717) is 0 Å². The third kappa shape index (κ3) is 4.11. The molecule has 0 radical (unpaired) electrons. The Labute approximate surface area is 115 Å². The zero-order valence-electron chi connectivity index (χ0n) is 11.8. The Bertz CT molecular complexity index is 389. The zero-order valence-corrected chi connectivity index (χ0v) is 11.8. The van der Waals surface area contributed by atoms with Gasteiger partial charge in [-0.3, -0.25) is 0 Å². The van der Waals surface area contributed by atoms with E-state index in [9.17, 15) is 0 Å². The second-order valence-corrected chi connectivity index (χ2v) is 4.68. The van der Waals surface area contributed by atoms with E-state index in [0.717, 1.165) is 50.6 Å². The van der Waals surface area contributed by atoms with Crippen LogP contribution in [0.15, 0.2) is 18.2 Å². The molecule has 1 fully saturated rings. The maximum atomic E-state index is 6.13. The minimum Gasteiger partial charge on any atom is -0.497 e. The predicted molar refractivity (Wildman–Crippen MR) is 74.8 cm³/mol. The highest BCUT2D eigenvalue weighted by Gasteiger charge is 2.17. The quantitative estimate of drug-likeness (QED) is 0.857. The number of hydrogen-bond donors (Lipinski definition) is 1. The Morgan fingerprint density at radius 2 is 2.11 bits per heavy atom. The molecule has 0 bridgehead atoms. The van der Waals surface area contributed by atoms with Gasteiger partial charge in [0.1, 0.15) is 17.6 Å². The van der Waals surface area contributed by atoms with Crippen molar-refractivity contribution in [2.75, 3.05) is 26.9 Å². The Kier molecular flexibility index (Phi) is 5.48. The molecule has 0 saturated carbocycles. The van der Waals surface area contributed by atoms with Crippen LogP contribution in [0.3, 0.4) is 0 Å². The molecule has 106 valence electrons. The van der Waals surface area contributed by atoms with Gasteiger partial charge in [0.05, 0.1) is 20.3 Å². The number of ether oxygens (including phenoxy) is 3. The van der Waals surface area contributed by atoms with Crippen LogP contribution in [-0.4, -0.2) is 33.0 Å². The van der Waals surface area contributed by atoms with Crippen molar-refractivity contribution in [3.05, 3.63) is 23.8 Å². The molecule has 0 amide bonds. The van der Waals surface area contributed by atoms with Crippen LogP contribution in [0.2, 0.25) is 0 Å². The molecule has 0 unspecified atom stereocenters. The second kappa shape index (κ2) is 7.36. The van der Waals surface area contributed by atoms with Gasteiger partial charge in [0, 0.05) is 31.0 Å². The van der Waals surface area contributed by atoms with Crippen LogP contribution in [0.1, 0.15) is 25.3 Å². The first-order valence-electron chi connectivity index (χ1n) is 6.95. The van der Waals surface area contributed by atoms with Crippen molar-refractivity contribution in [1.82, 2.24) is 5.32 Å². The predicted octanol–water partition coefficient (Wildman–Crippen LogP) is 2.36. The molecule has 0 aliphatic carbocycles. The molecular formula is C15H23NO3. The van der Waals surface area contributed by atoms with Crippen LogP contribution < -0.4 is 14.8 Å². The lowest BCUT2D eigenvalue weighted by Gasteiger charge is -2.25. The van der Waals surface area contributed by atoms with Crippen molar-refractivity contribution in [1.29, 1.82) is 0 Å². The van der Waals surface area contributed by atoms with Gasteiger partial charge in [-0.2, -0.15) is 0 Å². The van der Waals surface area contributed by atoms with Crippen molar-refractivity contribution in [3.63, 3.8) is 0 Å². The van der Waals surface area contributed by atoms with Crippen molar-refractivity contribution in [2.24, 2.45) is 0 Å².